The quantitative estimate of drug-likeness (QED) is 0.673. The predicted octanol–water partition coefficient (Wildman–Crippen LogP) is 2.43. The number of aliphatic hydroxyl groups is 1. The van der Waals surface area contributed by atoms with Crippen molar-refractivity contribution < 1.29 is 9.84 Å². The average Bonchev–Trinajstić information content (AvgIpc) is 3.16. The van der Waals surface area contributed by atoms with Crippen LogP contribution in [0.5, 0.6) is 5.75 Å². The number of hydrogen-bond acceptors (Lipinski definition) is 5. The van der Waals surface area contributed by atoms with E-state index in [-0.39, 0.29) is 12.2 Å². The molecule has 0 saturated heterocycles. The Hall–Kier alpha value is -2.12. The normalized spacial score (nSPS) is 11.2. The van der Waals surface area contributed by atoms with Crippen molar-refractivity contribution in [3.05, 3.63) is 34.0 Å². The van der Waals surface area contributed by atoms with E-state index in [1.807, 2.05) is 13.8 Å². The highest BCUT2D eigenvalue weighted by atomic mass is 32.1. The molecule has 0 aliphatic carbocycles. The van der Waals surface area contributed by atoms with Gasteiger partial charge in [0.2, 0.25) is 0 Å². The number of fused-ring (bicyclic) bond motifs is 1. The topological polar surface area (TPSA) is 91.0 Å². The van der Waals surface area contributed by atoms with Gasteiger partial charge in [-0.1, -0.05) is 6.92 Å². The summed E-state index contributed by atoms with van der Waals surface area (Å²) < 4.78 is 6.46. The molecule has 22 heavy (non-hydrogen) atoms. The molecule has 0 atom stereocenters. The van der Waals surface area contributed by atoms with Gasteiger partial charge in [0.05, 0.1) is 24.3 Å². The van der Waals surface area contributed by atoms with Crippen molar-refractivity contribution in [2.45, 2.75) is 26.9 Å². The Balaban J connectivity index is 2.42. The highest BCUT2D eigenvalue weighted by molar-refractivity contribution is 7.22. The van der Waals surface area contributed by atoms with Gasteiger partial charge < -0.3 is 14.8 Å². The molecular weight excluding hydrogens is 302 g/mol. The van der Waals surface area contributed by atoms with Crippen molar-refractivity contribution in [2.75, 3.05) is 6.61 Å². The Labute approximate surface area is 130 Å². The molecule has 3 rings (SSSR count). The third kappa shape index (κ3) is 2.22. The Bertz CT molecular complexity index is 849. The van der Waals surface area contributed by atoms with Crippen LogP contribution in [0.3, 0.4) is 0 Å². The number of rotatable bonds is 5. The molecule has 0 radical (unpaired) electrons. The van der Waals surface area contributed by atoms with Crippen LogP contribution < -0.4 is 10.3 Å². The summed E-state index contributed by atoms with van der Waals surface area (Å²) in [6.45, 7) is 4.21. The van der Waals surface area contributed by atoms with Gasteiger partial charge in [0, 0.05) is 22.8 Å². The van der Waals surface area contributed by atoms with Crippen molar-refractivity contribution in [2.24, 2.45) is 0 Å². The number of pyridine rings is 1. The minimum atomic E-state index is -0.198. The maximum atomic E-state index is 12.3. The fraction of sp³-hybridized carbons (Fsp3) is 0.333. The maximum Gasteiger partial charge on any atom is 0.266 e. The van der Waals surface area contributed by atoms with E-state index in [0.29, 0.717) is 29.2 Å². The van der Waals surface area contributed by atoms with Gasteiger partial charge in [-0.3, -0.25) is 9.89 Å². The van der Waals surface area contributed by atoms with Gasteiger partial charge in [-0.25, -0.2) is 0 Å². The minimum absolute atomic E-state index is 0.197. The first kappa shape index (κ1) is 14.8. The summed E-state index contributed by atoms with van der Waals surface area (Å²) in [6.07, 6.45) is 4.19. The van der Waals surface area contributed by atoms with E-state index in [1.54, 1.807) is 12.4 Å². The number of aliphatic hydroxyl groups excluding tert-OH is 1. The molecule has 7 heteroatoms. The number of nitrogens with one attached hydrogen (secondary N) is 2. The standard InChI is InChI=1S/C15H17N3O3S/c1-3-9-10(7-19)18-15(20)14-11(9)12(21-4-2)13(22-14)8-5-16-17-6-8/h5-6,19H,3-4,7H2,1-2H3,(H,16,17)(H,18,20). The molecule has 0 aliphatic heterocycles. The number of ether oxygens (including phenoxy) is 1. The first-order valence-corrected chi connectivity index (χ1v) is 7.96. The van der Waals surface area contributed by atoms with Crippen LogP contribution in [0.1, 0.15) is 25.1 Å². The molecule has 0 aliphatic rings. The first-order chi connectivity index (χ1) is 10.7. The second-order valence-electron chi connectivity index (χ2n) is 4.81. The van der Waals surface area contributed by atoms with E-state index >= 15 is 0 Å². The summed E-state index contributed by atoms with van der Waals surface area (Å²) in [4.78, 5) is 16.0. The lowest BCUT2D eigenvalue weighted by molar-refractivity contribution is 0.275. The fourth-order valence-corrected chi connectivity index (χ4v) is 3.79. The SMILES string of the molecule is CCOc1c(-c2cn[nH]c2)sc2c(=O)[nH]c(CO)c(CC)c12. The summed E-state index contributed by atoms with van der Waals surface area (Å²) in [5.74, 6) is 0.696. The lowest BCUT2D eigenvalue weighted by atomic mass is 10.0. The van der Waals surface area contributed by atoms with E-state index in [9.17, 15) is 9.90 Å². The molecule has 3 aromatic rings. The molecule has 6 nitrogen and oxygen atoms in total. The van der Waals surface area contributed by atoms with Crippen molar-refractivity contribution in [3.8, 4) is 16.2 Å². The summed E-state index contributed by atoms with van der Waals surface area (Å²) in [5, 5.41) is 17.1. The molecule has 116 valence electrons. The minimum Gasteiger partial charge on any atom is -0.492 e. The highest BCUT2D eigenvalue weighted by Crippen LogP contribution is 2.44. The van der Waals surface area contributed by atoms with Crippen LogP contribution in [0.15, 0.2) is 17.2 Å². The van der Waals surface area contributed by atoms with Crippen molar-refractivity contribution in [1.82, 2.24) is 15.2 Å². The Morgan fingerprint density at radius 1 is 1.41 bits per heavy atom. The number of H-pyrrole nitrogens is 2. The van der Waals surface area contributed by atoms with E-state index in [0.717, 1.165) is 21.4 Å². The maximum absolute atomic E-state index is 12.3. The van der Waals surface area contributed by atoms with Gasteiger partial charge >= 0.3 is 0 Å². The van der Waals surface area contributed by atoms with Gasteiger partial charge in [-0.05, 0) is 18.9 Å². The van der Waals surface area contributed by atoms with Crippen LogP contribution in [0.4, 0.5) is 0 Å². The summed E-state index contributed by atoms with van der Waals surface area (Å²) in [5.41, 5.74) is 2.16. The van der Waals surface area contributed by atoms with Crippen LogP contribution >= 0.6 is 11.3 Å². The third-order valence-electron chi connectivity index (χ3n) is 3.56. The molecule has 3 N–H and O–H groups in total. The molecule has 0 saturated carbocycles. The molecule has 0 unspecified atom stereocenters. The number of aromatic amines is 2. The molecule has 0 spiro atoms. The smallest absolute Gasteiger partial charge is 0.266 e. The fourth-order valence-electron chi connectivity index (χ4n) is 2.64. The summed E-state index contributed by atoms with van der Waals surface area (Å²) >= 11 is 1.39. The van der Waals surface area contributed by atoms with Crippen molar-refractivity contribution in [3.63, 3.8) is 0 Å². The third-order valence-corrected chi connectivity index (χ3v) is 4.78. The number of aromatic nitrogens is 3. The zero-order valence-electron chi connectivity index (χ0n) is 12.4. The van der Waals surface area contributed by atoms with E-state index in [1.165, 1.54) is 11.3 Å². The first-order valence-electron chi connectivity index (χ1n) is 7.14. The lowest BCUT2D eigenvalue weighted by Gasteiger charge is -2.10. The molecule has 0 aromatic carbocycles. The second kappa shape index (κ2) is 5.94. The number of thiophene rings is 1. The van der Waals surface area contributed by atoms with Crippen LogP contribution in [0.2, 0.25) is 0 Å². The molecule has 0 bridgehead atoms. The zero-order valence-corrected chi connectivity index (χ0v) is 13.2. The van der Waals surface area contributed by atoms with Crippen molar-refractivity contribution in [1.29, 1.82) is 0 Å². The monoisotopic (exact) mass is 319 g/mol. The molecule has 3 heterocycles. The van der Waals surface area contributed by atoms with Gasteiger partial charge in [-0.2, -0.15) is 5.10 Å². The molecule has 0 fully saturated rings. The zero-order chi connectivity index (χ0) is 15.7. The molecule has 3 aromatic heterocycles. The number of nitrogens with zero attached hydrogens (tertiary/aromatic N) is 1. The van der Waals surface area contributed by atoms with Crippen LogP contribution in [0, 0.1) is 0 Å². The van der Waals surface area contributed by atoms with E-state index in [4.69, 9.17) is 4.74 Å². The van der Waals surface area contributed by atoms with Crippen LogP contribution in [-0.2, 0) is 13.0 Å². The van der Waals surface area contributed by atoms with E-state index in [2.05, 4.69) is 15.2 Å². The average molecular weight is 319 g/mol. The Morgan fingerprint density at radius 2 is 2.23 bits per heavy atom. The van der Waals surface area contributed by atoms with Crippen LogP contribution in [0.25, 0.3) is 20.5 Å². The van der Waals surface area contributed by atoms with Gasteiger partial charge in [-0.15, -0.1) is 11.3 Å². The van der Waals surface area contributed by atoms with Gasteiger partial charge in [0.25, 0.3) is 5.56 Å². The molecule has 0 amide bonds. The Kier molecular flexibility index (Phi) is 4.00. The summed E-state index contributed by atoms with van der Waals surface area (Å²) in [7, 11) is 0. The predicted molar refractivity (Wildman–Crippen MR) is 86.5 cm³/mol. The van der Waals surface area contributed by atoms with Crippen LogP contribution in [-0.4, -0.2) is 26.9 Å². The van der Waals surface area contributed by atoms with Gasteiger partial charge in [0.15, 0.2) is 0 Å². The van der Waals surface area contributed by atoms with Crippen molar-refractivity contribution >= 4 is 21.4 Å². The highest BCUT2D eigenvalue weighted by Gasteiger charge is 2.22. The van der Waals surface area contributed by atoms with E-state index < -0.39 is 0 Å². The lowest BCUT2D eigenvalue weighted by Crippen LogP contribution is -2.11. The van der Waals surface area contributed by atoms with Gasteiger partial charge in [0.1, 0.15) is 10.4 Å². The molecular formula is C15H17N3O3S. The Morgan fingerprint density at radius 3 is 2.82 bits per heavy atom. The largest absolute Gasteiger partial charge is 0.492 e. The summed E-state index contributed by atoms with van der Waals surface area (Å²) in [6, 6.07) is 0. The number of aryl methyl sites for hydroxylation is 1. The number of hydrogen-bond donors (Lipinski definition) is 3. The second-order valence-corrected chi connectivity index (χ2v) is 5.83.